The SMILES string of the molecule is CC(C)CCCC(C)C1CCC2C1CCC1C3CCC(C)CC3=CCC12. The predicted octanol–water partition coefficient (Wildman–Crippen LogP) is 7.88. The van der Waals surface area contributed by atoms with E-state index < -0.39 is 0 Å². The Kier molecular flexibility index (Phi) is 5.87. The monoisotopic (exact) mass is 356 g/mol. The lowest BCUT2D eigenvalue weighted by molar-refractivity contribution is 0.0388. The maximum Gasteiger partial charge on any atom is -0.0172 e. The van der Waals surface area contributed by atoms with Crippen molar-refractivity contribution in [3.63, 3.8) is 0 Å². The van der Waals surface area contributed by atoms with Crippen LogP contribution in [0.15, 0.2) is 11.6 Å². The van der Waals surface area contributed by atoms with Crippen LogP contribution in [0.3, 0.4) is 0 Å². The van der Waals surface area contributed by atoms with Gasteiger partial charge in [0.05, 0.1) is 0 Å². The zero-order valence-electron chi connectivity index (χ0n) is 18.1. The average molecular weight is 357 g/mol. The molecule has 26 heavy (non-hydrogen) atoms. The molecule has 4 rings (SSSR count). The van der Waals surface area contributed by atoms with E-state index in [1.807, 2.05) is 5.57 Å². The van der Waals surface area contributed by atoms with Crippen LogP contribution in [0, 0.1) is 53.3 Å². The molecule has 0 aromatic rings. The zero-order valence-corrected chi connectivity index (χ0v) is 18.1. The van der Waals surface area contributed by atoms with Gasteiger partial charge >= 0.3 is 0 Å². The highest BCUT2D eigenvalue weighted by molar-refractivity contribution is 5.18. The second-order valence-electron chi connectivity index (χ2n) is 11.3. The molecule has 3 saturated carbocycles. The fourth-order valence-electron chi connectivity index (χ4n) is 7.94. The lowest BCUT2D eigenvalue weighted by Gasteiger charge is -2.50. The fourth-order valence-corrected chi connectivity index (χ4v) is 7.94. The van der Waals surface area contributed by atoms with E-state index in [0.29, 0.717) is 0 Å². The maximum atomic E-state index is 2.74. The summed E-state index contributed by atoms with van der Waals surface area (Å²) in [5.74, 6) is 9.17. The lowest BCUT2D eigenvalue weighted by Crippen LogP contribution is -2.41. The molecule has 8 atom stereocenters. The van der Waals surface area contributed by atoms with Crippen LogP contribution in [0.5, 0.6) is 0 Å². The van der Waals surface area contributed by atoms with Crippen molar-refractivity contribution < 1.29 is 0 Å². The minimum Gasteiger partial charge on any atom is -0.0847 e. The van der Waals surface area contributed by atoms with Crippen LogP contribution >= 0.6 is 0 Å². The molecule has 0 aromatic carbocycles. The first-order valence-corrected chi connectivity index (χ1v) is 12.2. The van der Waals surface area contributed by atoms with Gasteiger partial charge < -0.3 is 0 Å². The fraction of sp³-hybridized carbons (Fsp3) is 0.923. The molecule has 0 heteroatoms. The lowest BCUT2D eigenvalue weighted by atomic mass is 9.55. The molecule has 0 bridgehead atoms. The van der Waals surface area contributed by atoms with Crippen LogP contribution < -0.4 is 0 Å². The highest BCUT2D eigenvalue weighted by Gasteiger charge is 2.50. The zero-order chi connectivity index (χ0) is 18.3. The van der Waals surface area contributed by atoms with Crippen molar-refractivity contribution in [1.82, 2.24) is 0 Å². The first-order valence-electron chi connectivity index (χ1n) is 12.2. The van der Waals surface area contributed by atoms with Crippen molar-refractivity contribution in [2.75, 3.05) is 0 Å². The van der Waals surface area contributed by atoms with Crippen molar-refractivity contribution in [1.29, 1.82) is 0 Å². The molecule has 0 aromatic heterocycles. The Morgan fingerprint density at radius 2 is 1.62 bits per heavy atom. The van der Waals surface area contributed by atoms with Gasteiger partial charge in [-0.1, -0.05) is 58.6 Å². The first-order chi connectivity index (χ1) is 12.5. The number of hydrogen-bond donors (Lipinski definition) is 0. The van der Waals surface area contributed by atoms with Crippen LogP contribution in [-0.2, 0) is 0 Å². The highest BCUT2D eigenvalue weighted by atomic mass is 14.5. The molecular formula is C26H44. The van der Waals surface area contributed by atoms with Crippen molar-refractivity contribution in [3.05, 3.63) is 11.6 Å². The molecule has 0 N–H and O–H groups in total. The number of rotatable bonds is 5. The van der Waals surface area contributed by atoms with Crippen LogP contribution in [0.25, 0.3) is 0 Å². The van der Waals surface area contributed by atoms with E-state index in [1.54, 1.807) is 25.7 Å². The summed E-state index contributed by atoms with van der Waals surface area (Å²) in [4.78, 5) is 0. The molecule has 4 aliphatic carbocycles. The van der Waals surface area contributed by atoms with Crippen molar-refractivity contribution in [2.45, 2.75) is 98.3 Å². The van der Waals surface area contributed by atoms with Crippen LogP contribution in [0.2, 0.25) is 0 Å². The summed E-state index contributed by atoms with van der Waals surface area (Å²) in [5, 5.41) is 0. The smallest absolute Gasteiger partial charge is 0.0172 e. The van der Waals surface area contributed by atoms with E-state index >= 15 is 0 Å². The minimum absolute atomic E-state index is 0.885. The third kappa shape index (κ3) is 3.68. The third-order valence-electron chi connectivity index (χ3n) is 9.24. The van der Waals surface area contributed by atoms with Gasteiger partial charge in [0.25, 0.3) is 0 Å². The van der Waals surface area contributed by atoms with Gasteiger partial charge in [-0.05, 0) is 105 Å². The largest absolute Gasteiger partial charge is 0.0847 e. The average Bonchev–Trinajstić information content (AvgIpc) is 3.05. The van der Waals surface area contributed by atoms with Gasteiger partial charge in [0.2, 0.25) is 0 Å². The first kappa shape index (κ1) is 19.1. The Hall–Kier alpha value is -0.260. The summed E-state index contributed by atoms with van der Waals surface area (Å²) in [6.07, 6.45) is 19.3. The molecule has 4 aliphatic rings. The van der Waals surface area contributed by atoms with E-state index in [2.05, 4.69) is 33.8 Å². The standard InChI is InChI=1S/C26H44/c1-17(2)6-5-7-19(4)21-12-13-26-23(21)14-15-24-22-10-8-18(3)16-20(22)9-11-25(24)26/h9,17-19,21-26H,5-8,10-16H2,1-4H3. The topological polar surface area (TPSA) is 0 Å². The Morgan fingerprint density at radius 3 is 2.42 bits per heavy atom. The third-order valence-corrected chi connectivity index (χ3v) is 9.24. The van der Waals surface area contributed by atoms with E-state index in [0.717, 1.165) is 53.3 Å². The van der Waals surface area contributed by atoms with Crippen LogP contribution in [0.4, 0.5) is 0 Å². The highest BCUT2D eigenvalue weighted by Crippen LogP contribution is 2.59. The van der Waals surface area contributed by atoms with Gasteiger partial charge in [-0.3, -0.25) is 0 Å². The summed E-state index contributed by atoms with van der Waals surface area (Å²) < 4.78 is 0. The normalized spacial score (nSPS) is 43.4. The molecule has 0 heterocycles. The van der Waals surface area contributed by atoms with E-state index in [-0.39, 0.29) is 0 Å². The second-order valence-corrected chi connectivity index (χ2v) is 11.3. The van der Waals surface area contributed by atoms with Gasteiger partial charge in [0, 0.05) is 0 Å². The Balaban J connectivity index is 1.39. The summed E-state index contributed by atoms with van der Waals surface area (Å²) in [5.41, 5.74) is 1.89. The molecule has 0 radical (unpaired) electrons. The van der Waals surface area contributed by atoms with Gasteiger partial charge in [-0.2, -0.15) is 0 Å². The Labute approximate surface area is 163 Å². The molecule has 0 nitrogen and oxygen atoms in total. The summed E-state index contributed by atoms with van der Waals surface area (Å²) in [6.45, 7) is 9.84. The molecule has 0 saturated heterocycles. The minimum atomic E-state index is 0.885. The summed E-state index contributed by atoms with van der Waals surface area (Å²) >= 11 is 0. The van der Waals surface area contributed by atoms with Crippen LogP contribution in [0.1, 0.15) is 98.3 Å². The van der Waals surface area contributed by atoms with E-state index in [9.17, 15) is 0 Å². The van der Waals surface area contributed by atoms with E-state index in [4.69, 9.17) is 0 Å². The predicted molar refractivity (Wildman–Crippen MR) is 113 cm³/mol. The van der Waals surface area contributed by atoms with Gasteiger partial charge in [0.1, 0.15) is 0 Å². The number of allylic oxidation sites excluding steroid dienone is 2. The molecule has 0 amide bonds. The van der Waals surface area contributed by atoms with Gasteiger partial charge in [-0.25, -0.2) is 0 Å². The maximum absolute atomic E-state index is 2.74. The quantitative estimate of drug-likeness (QED) is 0.439. The molecule has 3 fully saturated rings. The molecular weight excluding hydrogens is 312 g/mol. The van der Waals surface area contributed by atoms with Crippen molar-refractivity contribution in [3.8, 4) is 0 Å². The van der Waals surface area contributed by atoms with Gasteiger partial charge in [-0.15, -0.1) is 0 Å². The van der Waals surface area contributed by atoms with Gasteiger partial charge in [0.15, 0.2) is 0 Å². The Bertz CT molecular complexity index is 500. The summed E-state index contributed by atoms with van der Waals surface area (Å²) in [7, 11) is 0. The van der Waals surface area contributed by atoms with Crippen LogP contribution in [-0.4, -0.2) is 0 Å². The van der Waals surface area contributed by atoms with Crippen molar-refractivity contribution >= 4 is 0 Å². The number of fused-ring (bicyclic) bond motifs is 5. The molecule has 0 spiro atoms. The molecule has 0 aliphatic heterocycles. The van der Waals surface area contributed by atoms with Crippen molar-refractivity contribution in [2.24, 2.45) is 53.3 Å². The van der Waals surface area contributed by atoms with E-state index in [1.165, 1.54) is 44.9 Å². The molecule has 8 unspecified atom stereocenters. The Morgan fingerprint density at radius 1 is 0.846 bits per heavy atom. The second kappa shape index (κ2) is 8.00. The molecule has 148 valence electrons. The summed E-state index contributed by atoms with van der Waals surface area (Å²) in [6, 6.07) is 0. The number of hydrogen-bond acceptors (Lipinski definition) is 0.